The maximum absolute atomic E-state index is 14.1. The van der Waals surface area contributed by atoms with Gasteiger partial charge in [-0.25, -0.2) is 4.39 Å². The lowest BCUT2D eigenvalue weighted by atomic mass is 9.96. The van der Waals surface area contributed by atoms with Gasteiger partial charge in [-0.3, -0.25) is 4.79 Å². The summed E-state index contributed by atoms with van der Waals surface area (Å²) in [5, 5.41) is 8.75. The number of anilines is 1. The van der Waals surface area contributed by atoms with Crippen molar-refractivity contribution in [3.8, 4) is 6.07 Å². The van der Waals surface area contributed by atoms with Crippen molar-refractivity contribution in [3.05, 3.63) is 29.6 Å². The van der Waals surface area contributed by atoms with Crippen molar-refractivity contribution in [2.75, 3.05) is 25.0 Å². The highest BCUT2D eigenvalue weighted by atomic mass is 19.1. The Morgan fingerprint density at radius 2 is 2.05 bits per heavy atom. The van der Waals surface area contributed by atoms with Crippen LogP contribution in [0.3, 0.4) is 0 Å². The zero-order valence-corrected chi connectivity index (χ0v) is 11.3. The highest BCUT2D eigenvalue weighted by Crippen LogP contribution is 2.30. The van der Waals surface area contributed by atoms with Crippen molar-refractivity contribution < 1.29 is 9.18 Å². The van der Waals surface area contributed by atoms with Crippen LogP contribution in [-0.4, -0.2) is 36.5 Å². The van der Waals surface area contributed by atoms with Gasteiger partial charge in [-0.15, -0.1) is 0 Å². The molecular formula is C14H16FN3O. The molecule has 1 saturated heterocycles. The van der Waals surface area contributed by atoms with Crippen LogP contribution in [0.5, 0.6) is 0 Å². The number of carbonyl (C=O) groups is 1. The number of amides is 1. The van der Waals surface area contributed by atoms with Crippen LogP contribution < -0.4 is 4.90 Å². The molecule has 0 aliphatic carbocycles. The average molecular weight is 261 g/mol. The molecule has 4 nitrogen and oxygen atoms in total. The summed E-state index contributed by atoms with van der Waals surface area (Å²) >= 11 is 0. The van der Waals surface area contributed by atoms with Gasteiger partial charge in [0.05, 0.1) is 17.3 Å². The molecule has 1 heterocycles. The van der Waals surface area contributed by atoms with Crippen molar-refractivity contribution >= 4 is 11.6 Å². The minimum Gasteiger partial charge on any atom is -0.353 e. The number of nitrogens with zero attached hydrogens (tertiary/aromatic N) is 3. The summed E-state index contributed by atoms with van der Waals surface area (Å²) < 4.78 is 14.1. The Kier molecular flexibility index (Phi) is 3.19. The number of hydrogen-bond donors (Lipinski definition) is 0. The fraction of sp³-hybridized carbons (Fsp3) is 0.429. The molecule has 100 valence electrons. The fourth-order valence-electron chi connectivity index (χ4n) is 2.43. The van der Waals surface area contributed by atoms with E-state index in [0.29, 0.717) is 18.8 Å². The Bertz CT molecular complexity index is 562. The van der Waals surface area contributed by atoms with Gasteiger partial charge in [0, 0.05) is 20.1 Å². The van der Waals surface area contributed by atoms with E-state index in [-0.39, 0.29) is 11.5 Å². The Balaban J connectivity index is 2.42. The zero-order valence-electron chi connectivity index (χ0n) is 11.3. The topological polar surface area (TPSA) is 47.3 Å². The average Bonchev–Trinajstić information content (AvgIpc) is 2.37. The molecule has 0 aromatic heterocycles. The predicted molar refractivity (Wildman–Crippen MR) is 70.2 cm³/mol. The number of halogens is 1. The molecule has 1 aliphatic rings. The Labute approximate surface area is 112 Å². The van der Waals surface area contributed by atoms with Crippen molar-refractivity contribution in [1.29, 1.82) is 5.26 Å². The van der Waals surface area contributed by atoms with Crippen LogP contribution in [0.25, 0.3) is 0 Å². The number of hydrogen-bond acceptors (Lipinski definition) is 3. The molecular weight excluding hydrogens is 245 g/mol. The lowest BCUT2D eigenvalue weighted by Gasteiger charge is -2.46. The van der Waals surface area contributed by atoms with Gasteiger partial charge in [0.1, 0.15) is 11.4 Å². The van der Waals surface area contributed by atoms with Gasteiger partial charge >= 0.3 is 0 Å². The molecule has 1 fully saturated rings. The number of piperazine rings is 1. The summed E-state index contributed by atoms with van der Waals surface area (Å²) in [6.45, 7) is 4.69. The molecule has 0 radical (unpaired) electrons. The second kappa shape index (κ2) is 4.54. The van der Waals surface area contributed by atoms with Crippen LogP contribution in [0, 0.1) is 17.1 Å². The van der Waals surface area contributed by atoms with E-state index in [1.165, 1.54) is 6.07 Å². The van der Waals surface area contributed by atoms with Crippen molar-refractivity contribution in [2.45, 2.75) is 19.4 Å². The van der Waals surface area contributed by atoms with Gasteiger partial charge in [0.2, 0.25) is 5.91 Å². The Morgan fingerprint density at radius 1 is 1.37 bits per heavy atom. The first-order chi connectivity index (χ1) is 8.87. The van der Waals surface area contributed by atoms with Crippen LogP contribution >= 0.6 is 0 Å². The second-order valence-electron chi connectivity index (χ2n) is 5.22. The molecule has 0 N–H and O–H groups in total. The fourth-order valence-corrected chi connectivity index (χ4v) is 2.43. The maximum atomic E-state index is 14.1. The number of carbonyl (C=O) groups excluding carboxylic acids is 1. The van der Waals surface area contributed by atoms with Crippen LogP contribution in [-0.2, 0) is 4.79 Å². The van der Waals surface area contributed by atoms with E-state index in [1.54, 1.807) is 42.8 Å². The summed E-state index contributed by atoms with van der Waals surface area (Å²) in [5.41, 5.74) is -0.146. The smallest absolute Gasteiger partial charge is 0.247 e. The largest absolute Gasteiger partial charge is 0.353 e. The van der Waals surface area contributed by atoms with Crippen molar-refractivity contribution in [2.24, 2.45) is 0 Å². The highest BCUT2D eigenvalue weighted by molar-refractivity contribution is 5.90. The van der Waals surface area contributed by atoms with E-state index in [1.807, 2.05) is 6.07 Å². The molecule has 0 bridgehead atoms. The van der Waals surface area contributed by atoms with Gasteiger partial charge in [0.15, 0.2) is 0 Å². The summed E-state index contributed by atoms with van der Waals surface area (Å²) in [4.78, 5) is 15.6. The Morgan fingerprint density at radius 3 is 2.63 bits per heavy atom. The number of rotatable bonds is 1. The summed E-state index contributed by atoms with van der Waals surface area (Å²) in [6, 6.07) is 6.23. The lowest BCUT2D eigenvalue weighted by Crippen LogP contribution is -2.62. The third-order valence-corrected chi connectivity index (χ3v) is 3.57. The van der Waals surface area contributed by atoms with Crippen LogP contribution in [0.4, 0.5) is 10.1 Å². The number of nitriles is 1. The first kappa shape index (κ1) is 13.3. The standard InChI is InChI=1S/C14H16FN3O/c1-14(2)13(19)17(3)6-7-18(14)12-5-4-10(9-16)8-11(12)15/h4-5,8H,6-7H2,1-3H3. The molecule has 0 unspecified atom stereocenters. The monoisotopic (exact) mass is 261 g/mol. The molecule has 19 heavy (non-hydrogen) atoms. The van der Waals surface area contributed by atoms with E-state index in [9.17, 15) is 9.18 Å². The van der Waals surface area contributed by atoms with Gasteiger partial charge in [0.25, 0.3) is 0 Å². The van der Waals surface area contributed by atoms with Gasteiger partial charge in [-0.1, -0.05) is 0 Å². The minimum absolute atomic E-state index is 0.0393. The molecule has 0 spiro atoms. The first-order valence-electron chi connectivity index (χ1n) is 6.11. The summed E-state index contributed by atoms with van der Waals surface area (Å²) in [6.07, 6.45) is 0. The summed E-state index contributed by atoms with van der Waals surface area (Å²) in [7, 11) is 1.75. The van der Waals surface area contributed by atoms with Crippen LogP contribution in [0.2, 0.25) is 0 Å². The molecule has 5 heteroatoms. The SMILES string of the molecule is CN1CCN(c2ccc(C#N)cc2F)C(C)(C)C1=O. The lowest BCUT2D eigenvalue weighted by molar-refractivity contribution is -0.136. The van der Waals surface area contributed by atoms with Gasteiger partial charge in [-0.2, -0.15) is 5.26 Å². The third-order valence-electron chi connectivity index (χ3n) is 3.57. The quantitative estimate of drug-likeness (QED) is 0.774. The first-order valence-corrected chi connectivity index (χ1v) is 6.11. The zero-order chi connectivity index (χ0) is 14.2. The van der Waals surface area contributed by atoms with E-state index in [0.717, 1.165) is 0 Å². The van der Waals surface area contributed by atoms with Gasteiger partial charge < -0.3 is 9.80 Å². The van der Waals surface area contributed by atoms with E-state index in [2.05, 4.69) is 0 Å². The second-order valence-corrected chi connectivity index (χ2v) is 5.22. The van der Waals surface area contributed by atoms with Gasteiger partial charge in [-0.05, 0) is 32.0 Å². The summed E-state index contributed by atoms with van der Waals surface area (Å²) in [5.74, 6) is -0.507. The van der Waals surface area contributed by atoms with E-state index in [4.69, 9.17) is 5.26 Å². The highest BCUT2D eigenvalue weighted by Gasteiger charge is 2.41. The molecule has 1 aromatic carbocycles. The third kappa shape index (κ3) is 2.14. The van der Waals surface area contributed by atoms with E-state index < -0.39 is 11.4 Å². The van der Waals surface area contributed by atoms with E-state index >= 15 is 0 Å². The Hall–Kier alpha value is -2.09. The molecule has 2 rings (SSSR count). The normalized spacial score (nSPS) is 18.4. The van der Waals surface area contributed by atoms with Crippen molar-refractivity contribution in [3.63, 3.8) is 0 Å². The van der Waals surface area contributed by atoms with Crippen molar-refractivity contribution in [1.82, 2.24) is 4.90 Å². The van der Waals surface area contributed by atoms with Crippen LogP contribution in [0.1, 0.15) is 19.4 Å². The molecule has 1 aromatic rings. The maximum Gasteiger partial charge on any atom is 0.247 e. The minimum atomic E-state index is -0.790. The molecule has 1 amide bonds. The molecule has 1 aliphatic heterocycles. The number of benzene rings is 1. The van der Waals surface area contributed by atoms with Crippen LogP contribution in [0.15, 0.2) is 18.2 Å². The number of likely N-dealkylation sites (N-methyl/N-ethyl adjacent to an activating group) is 1. The molecule has 0 saturated carbocycles. The molecule has 0 atom stereocenters. The predicted octanol–water partition coefficient (Wildman–Crippen LogP) is 1.75.